The van der Waals surface area contributed by atoms with Crippen LogP contribution in [0.5, 0.6) is 0 Å². The lowest BCUT2D eigenvalue weighted by atomic mass is 9.76. The molecule has 20 heavy (non-hydrogen) atoms. The lowest BCUT2D eigenvalue weighted by Crippen LogP contribution is -2.50. The van der Waals surface area contributed by atoms with Gasteiger partial charge in [0.05, 0.1) is 0 Å². The Bertz CT molecular complexity index is 618. The van der Waals surface area contributed by atoms with E-state index in [1.54, 1.807) is 11.3 Å². The Morgan fingerprint density at radius 3 is 2.65 bits per heavy atom. The number of rotatable bonds is 3. The molecule has 2 N–H and O–H groups in total. The van der Waals surface area contributed by atoms with Gasteiger partial charge in [-0.1, -0.05) is 25.2 Å². The van der Waals surface area contributed by atoms with E-state index in [1.807, 2.05) is 18.4 Å². The summed E-state index contributed by atoms with van der Waals surface area (Å²) < 4.78 is 7.51. The van der Waals surface area contributed by atoms with Crippen molar-refractivity contribution in [2.24, 2.45) is 5.73 Å². The zero-order valence-electron chi connectivity index (χ0n) is 12.4. The van der Waals surface area contributed by atoms with Crippen molar-refractivity contribution in [3.05, 3.63) is 10.8 Å². The fourth-order valence-corrected chi connectivity index (χ4v) is 3.26. The second kappa shape index (κ2) is 4.47. The van der Waals surface area contributed by atoms with E-state index in [2.05, 4.69) is 24.0 Å². The van der Waals surface area contributed by atoms with Crippen LogP contribution in [0.1, 0.15) is 57.5 Å². The van der Waals surface area contributed by atoms with Crippen LogP contribution in [0, 0.1) is 0 Å². The Labute approximate surface area is 122 Å². The summed E-state index contributed by atoms with van der Waals surface area (Å²) in [4.78, 5) is 0.808. The van der Waals surface area contributed by atoms with Crippen LogP contribution in [-0.2, 0) is 10.2 Å². The third-order valence-electron chi connectivity index (χ3n) is 4.38. The minimum absolute atomic E-state index is 0.0222. The molecule has 110 valence electrons. The SMILES string of the molecule is CC(C)(N)C(C)(C)c1nn2c(C3CCCO3)nnc2s1. The molecule has 0 bridgehead atoms. The summed E-state index contributed by atoms with van der Waals surface area (Å²) in [5, 5.41) is 14.1. The van der Waals surface area contributed by atoms with Crippen LogP contribution >= 0.6 is 11.3 Å². The van der Waals surface area contributed by atoms with Gasteiger partial charge in [-0.05, 0) is 26.7 Å². The zero-order chi connectivity index (χ0) is 14.5. The van der Waals surface area contributed by atoms with Crippen molar-refractivity contribution in [3.8, 4) is 0 Å². The molecule has 3 rings (SSSR count). The molecule has 7 heteroatoms. The molecule has 3 heterocycles. The molecule has 0 radical (unpaired) electrons. The molecule has 0 amide bonds. The first-order valence-corrected chi connectivity index (χ1v) is 7.75. The second-order valence-electron chi connectivity index (χ2n) is 6.51. The molecule has 1 atom stereocenters. The van der Waals surface area contributed by atoms with Crippen LogP contribution in [0.25, 0.3) is 4.96 Å². The first kappa shape index (κ1) is 13.9. The summed E-state index contributed by atoms with van der Waals surface area (Å²) in [5.74, 6) is 0.811. The zero-order valence-corrected chi connectivity index (χ0v) is 13.2. The van der Waals surface area contributed by atoms with E-state index < -0.39 is 0 Å². The summed E-state index contributed by atoms with van der Waals surface area (Å²) >= 11 is 1.55. The van der Waals surface area contributed by atoms with Gasteiger partial charge in [0, 0.05) is 17.6 Å². The van der Waals surface area contributed by atoms with E-state index in [1.165, 1.54) is 0 Å². The van der Waals surface area contributed by atoms with E-state index in [4.69, 9.17) is 15.6 Å². The molecule has 1 unspecified atom stereocenters. The van der Waals surface area contributed by atoms with Crippen LogP contribution in [0.2, 0.25) is 0 Å². The average molecular weight is 295 g/mol. The van der Waals surface area contributed by atoms with E-state index in [0.717, 1.165) is 35.2 Å². The molecular weight excluding hydrogens is 274 g/mol. The number of nitrogens with two attached hydrogens (primary N) is 1. The number of nitrogens with zero attached hydrogens (tertiary/aromatic N) is 4. The van der Waals surface area contributed by atoms with Gasteiger partial charge in [-0.2, -0.15) is 9.61 Å². The number of fused-ring (bicyclic) bond motifs is 1. The number of hydrogen-bond acceptors (Lipinski definition) is 6. The Kier molecular flexibility index (Phi) is 3.11. The van der Waals surface area contributed by atoms with Crippen LogP contribution in [0.4, 0.5) is 0 Å². The van der Waals surface area contributed by atoms with Gasteiger partial charge in [0.2, 0.25) is 4.96 Å². The van der Waals surface area contributed by atoms with E-state index in [9.17, 15) is 0 Å². The van der Waals surface area contributed by atoms with Crippen molar-refractivity contribution in [3.63, 3.8) is 0 Å². The summed E-state index contributed by atoms with van der Waals surface area (Å²) in [6, 6.07) is 0. The van der Waals surface area contributed by atoms with Crippen molar-refractivity contribution < 1.29 is 4.74 Å². The maximum atomic E-state index is 6.29. The van der Waals surface area contributed by atoms with Crippen molar-refractivity contribution >= 4 is 16.3 Å². The molecule has 1 saturated heterocycles. The highest BCUT2D eigenvalue weighted by atomic mass is 32.1. The molecule has 1 fully saturated rings. The van der Waals surface area contributed by atoms with E-state index >= 15 is 0 Å². The molecule has 0 saturated carbocycles. The lowest BCUT2D eigenvalue weighted by Gasteiger charge is -2.36. The second-order valence-corrected chi connectivity index (χ2v) is 7.46. The first-order valence-electron chi connectivity index (χ1n) is 6.94. The number of ether oxygens (including phenoxy) is 1. The van der Waals surface area contributed by atoms with Gasteiger partial charge in [0.15, 0.2) is 5.82 Å². The van der Waals surface area contributed by atoms with Crippen molar-refractivity contribution in [1.29, 1.82) is 0 Å². The molecule has 0 aliphatic carbocycles. The monoisotopic (exact) mass is 295 g/mol. The van der Waals surface area contributed by atoms with Crippen LogP contribution in [0.3, 0.4) is 0 Å². The van der Waals surface area contributed by atoms with Gasteiger partial charge < -0.3 is 10.5 Å². The highest BCUT2D eigenvalue weighted by Gasteiger charge is 2.39. The summed E-state index contributed by atoms with van der Waals surface area (Å²) in [6.07, 6.45) is 2.08. The third-order valence-corrected chi connectivity index (χ3v) is 5.60. The van der Waals surface area contributed by atoms with Gasteiger partial charge in [0.25, 0.3) is 0 Å². The quantitative estimate of drug-likeness (QED) is 0.937. The summed E-state index contributed by atoms with van der Waals surface area (Å²) in [7, 11) is 0. The fourth-order valence-electron chi connectivity index (χ4n) is 2.14. The van der Waals surface area contributed by atoms with Crippen molar-refractivity contribution in [2.45, 2.75) is 57.6 Å². The number of aromatic nitrogens is 4. The van der Waals surface area contributed by atoms with E-state index in [0.29, 0.717) is 0 Å². The first-order chi connectivity index (χ1) is 9.30. The molecule has 2 aromatic rings. The Morgan fingerprint density at radius 2 is 2.05 bits per heavy atom. The normalized spacial score (nSPS) is 20.9. The largest absolute Gasteiger partial charge is 0.370 e. The minimum Gasteiger partial charge on any atom is -0.370 e. The minimum atomic E-state index is -0.361. The van der Waals surface area contributed by atoms with Crippen molar-refractivity contribution in [1.82, 2.24) is 19.8 Å². The molecule has 2 aromatic heterocycles. The van der Waals surface area contributed by atoms with E-state index in [-0.39, 0.29) is 17.1 Å². The molecular formula is C13H21N5OS. The Morgan fingerprint density at radius 1 is 1.30 bits per heavy atom. The molecule has 6 nitrogen and oxygen atoms in total. The topological polar surface area (TPSA) is 78.3 Å². The lowest BCUT2D eigenvalue weighted by molar-refractivity contribution is 0.103. The van der Waals surface area contributed by atoms with Gasteiger partial charge in [0.1, 0.15) is 11.1 Å². The van der Waals surface area contributed by atoms with Gasteiger partial charge >= 0.3 is 0 Å². The van der Waals surface area contributed by atoms with Crippen LogP contribution in [0.15, 0.2) is 0 Å². The van der Waals surface area contributed by atoms with Gasteiger partial charge in [-0.3, -0.25) is 0 Å². The summed E-state index contributed by atoms with van der Waals surface area (Å²) in [5.41, 5.74) is 5.70. The Balaban J connectivity index is 2.03. The fraction of sp³-hybridized carbons (Fsp3) is 0.769. The predicted molar refractivity (Wildman–Crippen MR) is 77.9 cm³/mol. The summed E-state index contributed by atoms with van der Waals surface area (Å²) in [6.45, 7) is 9.07. The van der Waals surface area contributed by atoms with Crippen LogP contribution < -0.4 is 5.73 Å². The maximum Gasteiger partial charge on any atom is 0.234 e. The third kappa shape index (κ3) is 2.04. The standard InChI is InChI=1S/C13H21N5OS/c1-12(2,13(3,4)14)10-17-18-9(8-6-5-7-19-8)15-16-11(18)20-10/h8H,5-7,14H2,1-4H3. The predicted octanol–water partition coefficient (Wildman–Crippen LogP) is 2.05. The molecule has 1 aliphatic heterocycles. The van der Waals surface area contributed by atoms with Crippen molar-refractivity contribution in [2.75, 3.05) is 6.61 Å². The van der Waals surface area contributed by atoms with Crippen LogP contribution in [-0.4, -0.2) is 32.0 Å². The average Bonchev–Trinajstić information content (AvgIpc) is 3.02. The van der Waals surface area contributed by atoms with Gasteiger partial charge in [-0.15, -0.1) is 10.2 Å². The molecule has 0 spiro atoms. The Hall–Kier alpha value is -1.05. The maximum absolute atomic E-state index is 6.29. The highest BCUT2D eigenvalue weighted by molar-refractivity contribution is 7.16. The van der Waals surface area contributed by atoms with Gasteiger partial charge in [-0.25, -0.2) is 0 Å². The molecule has 1 aliphatic rings. The molecule has 0 aromatic carbocycles. The number of hydrogen-bond donors (Lipinski definition) is 1. The smallest absolute Gasteiger partial charge is 0.234 e. The highest BCUT2D eigenvalue weighted by Crippen LogP contribution is 2.36.